The van der Waals surface area contributed by atoms with Crippen molar-refractivity contribution < 1.29 is 4.79 Å². The zero-order valence-corrected chi connectivity index (χ0v) is 14.5. The van der Waals surface area contributed by atoms with Crippen molar-refractivity contribution in [3.63, 3.8) is 0 Å². The minimum Gasteiger partial charge on any atom is -0.362 e. The molecular formula is C13H12N6OS3. The average molecular weight is 364 g/mol. The summed E-state index contributed by atoms with van der Waals surface area (Å²) in [6.07, 6.45) is 1.92. The third-order valence-corrected chi connectivity index (χ3v) is 5.42. The fourth-order valence-corrected chi connectivity index (χ4v) is 4.19. The maximum Gasteiger partial charge on any atom is 0.349 e. The van der Waals surface area contributed by atoms with Gasteiger partial charge in [0.15, 0.2) is 5.82 Å². The van der Waals surface area contributed by atoms with E-state index >= 15 is 0 Å². The Morgan fingerprint density at radius 2 is 2.35 bits per heavy atom. The van der Waals surface area contributed by atoms with Gasteiger partial charge in [0.2, 0.25) is 0 Å². The van der Waals surface area contributed by atoms with Gasteiger partial charge in [-0.3, -0.25) is 4.90 Å². The second kappa shape index (κ2) is 5.95. The van der Waals surface area contributed by atoms with Crippen molar-refractivity contribution in [2.45, 2.75) is 0 Å². The van der Waals surface area contributed by atoms with Gasteiger partial charge in [0.25, 0.3) is 0 Å². The SMILES string of the molecule is CSCN1N=NC2=C(c3nc(-c4ccsc4)cs3)NCN2C1=O. The summed E-state index contributed by atoms with van der Waals surface area (Å²) in [6, 6.07) is 1.88. The normalized spacial score (nSPS) is 17.0. The summed E-state index contributed by atoms with van der Waals surface area (Å²) < 4.78 is 0. The first kappa shape index (κ1) is 14.7. The molecule has 0 atom stereocenters. The summed E-state index contributed by atoms with van der Waals surface area (Å²) >= 11 is 4.70. The summed E-state index contributed by atoms with van der Waals surface area (Å²) in [5.74, 6) is 1.03. The molecule has 10 heteroatoms. The molecule has 0 radical (unpaired) electrons. The molecular weight excluding hydrogens is 352 g/mol. The smallest absolute Gasteiger partial charge is 0.349 e. The lowest BCUT2D eigenvalue weighted by Crippen LogP contribution is -2.41. The van der Waals surface area contributed by atoms with Crippen molar-refractivity contribution in [3.8, 4) is 11.3 Å². The minimum atomic E-state index is -0.165. The Labute approximate surface area is 144 Å². The zero-order chi connectivity index (χ0) is 15.8. The largest absolute Gasteiger partial charge is 0.362 e. The summed E-state index contributed by atoms with van der Waals surface area (Å²) in [7, 11) is 0. The van der Waals surface area contributed by atoms with Crippen molar-refractivity contribution in [2.75, 3.05) is 18.8 Å². The van der Waals surface area contributed by atoms with Crippen LogP contribution in [0.25, 0.3) is 17.0 Å². The second-order valence-corrected chi connectivity index (χ2v) is 7.27. The first-order valence-electron chi connectivity index (χ1n) is 6.74. The van der Waals surface area contributed by atoms with Crippen LogP contribution >= 0.6 is 34.4 Å². The van der Waals surface area contributed by atoms with Gasteiger partial charge in [0.05, 0.1) is 18.2 Å². The fourth-order valence-electron chi connectivity index (χ4n) is 2.29. The molecule has 2 amide bonds. The van der Waals surface area contributed by atoms with Gasteiger partial charge >= 0.3 is 6.03 Å². The van der Waals surface area contributed by atoms with Crippen molar-refractivity contribution in [1.82, 2.24) is 20.2 Å². The predicted molar refractivity (Wildman–Crippen MR) is 92.7 cm³/mol. The van der Waals surface area contributed by atoms with Gasteiger partial charge in [-0.15, -0.1) is 28.2 Å². The molecule has 0 spiro atoms. The van der Waals surface area contributed by atoms with Gasteiger partial charge in [-0.05, 0) is 17.7 Å². The summed E-state index contributed by atoms with van der Waals surface area (Å²) in [4.78, 5) is 18.6. The van der Waals surface area contributed by atoms with Crippen molar-refractivity contribution in [2.24, 2.45) is 10.3 Å². The number of nitrogens with zero attached hydrogens (tertiary/aromatic N) is 5. The molecule has 4 heterocycles. The highest BCUT2D eigenvalue weighted by Crippen LogP contribution is 2.33. The number of hydrogen-bond acceptors (Lipinski definition) is 8. The van der Waals surface area contributed by atoms with Crippen LogP contribution in [0.15, 0.2) is 38.4 Å². The molecule has 0 saturated heterocycles. The van der Waals surface area contributed by atoms with Crippen LogP contribution in [0.4, 0.5) is 4.79 Å². The number of carbonyl (C=O) groups excluding carboxylic acids is 1. The number of thiazole rings is 1. The van der Waals surface area contributed by atoms with Crippen LogP contribution in [0, 0.1) is 0 Å². The van der Waals surface area contributed by atoms with Crippen LogP contribution < -0.4 is 5.32 Å². The molecule has 7 nitrogen and oxygen atoms in total. The number of carbonyl (C=O) groups is 1. The fraction of sp³-hybridized carbons (Fsp3) is 0.231. The van der Waals surface area contributed by atoms with Gasteiger partial charge in [-0.1, -0.05) is 5.22 Å². The van der Waals surface area contributed by atoms with Gasteiger partial charge in [-0.2, -0.15) is 16.3 Å². The highest BCUT2D eigenvalue weighted by atomic mass is 32.2. The summed E-state index contributed by atoms with van der Waals surface area (Å²) in [6.45, 7) is 0.390. The van der Waals surface area contributed by atoms with Gasteiger partial charge in [0, 0.05) is 16.3 Å². The van der Waals surface area contributed by atoms with E-state index in [1.807, 2.05) is 23.1 Å². The summed E-state index contributed by atoms with van der Waals surface area (Å²) in [5.41, 5.74) is 2.80. The Kier molecular flexibility index (Phi) is 3.79. The maximum absolute atomic E-state index is 12.4. The Hall–Kier alpha value is -1.91. The molecule has 0 aromatic carbocycles. The lowest BCUT2D eigenvalue weighted by Gasteiger charge is -2.25. The molecule has 0 bridgehead atoms. The van der Waals surface area contributed by atoms with E-state index in [0.29, 0.717) is 18.4 Å². The van der Waals surface area contributed by atoms with Crippen LogP contribution in [0.5, 0.6) is 0 Å². The van der Waals surface area contributed by atoms with E-state index in [1.54, 1.807) is 16.2 Å². The molecule has 23 heavy (non-hydrogen) atoms. The Morgan fingerprint density at radius 1 is 1.43 bits per heavy atom. The molecule has 2 aromatic heterocycles. The topological polar surface area (TPSA) is 73.2 Å². The molecule has 4 rings (SSSR count). The number of fused-ring (bicyclic) bond motifs is 1. The van der Waals surface area contributed by atoms with E-state index in [1.165, 1.54) is 28.1 Å². The zero-order valence-electron chi connectivity index (χ0n) is 12.1. The summed E-state index contributed by atoms with van der Waals surface area (Å²) in [5, 5.41) is 19.7. The number of urea groups is 1. The number of nitrogens with one attached hydrogen (secondary N) is 1. The monoisotopic (exact) mass is 364 g/mol. The number of thioether (sulfide) groups is 1. The van der Waals surface area contributed by atoms with Crippen LogP contribution in [0.3, 0.4) is 0 Å². The van der Waals surface area contributed by atoms with Crippen molar-refractivity contribution >= 4 is 46.2 Å². The third-order valence-electron chi connectivity index (χ3n) is 3.38. The van der Waals surface area contributed by atoms with Crippen LogP contribution in [-0.4, -0.2) is 39.7 Å². The van der Waals surface area contributed by atoms with E-state index in [4.69, 9.17) is 0 Å². The molecule has 0 unspecified atom stereocenters. The molecule has 2 aliphatic rings. The van der Waals surface area contributed by atoms with Crippen molar-refractivity contribution in [1.29, 1.82) is 0 Å². The lowest BCUT2D eigenvalue weighted by atomic mass is 10.3. The standard InChI is InChI=1S/C13H12N6OS3/c1-21-7-19-13(20)18-6-14-10(11(18)16-17-19)12-15-9(5-23-12)8-2-3-22-4-8/h2-5,14H,6-7H2,1H3. The van der Waals surface area contributed by atoms with Crippen LogP contribution in [0.1, 0.15) is 5.01 Å². The van der Waals surface area contributed by atoms with E-state index in [0.717, 1.165) is 22.0 Å². The first-order chi connectivity index (χ1) is 11.3. The van der Waals surface area contributed by atoms with Gasteiger partial charge in [0.1, 0.15) is 10.7 Å². The van der Waals surface area contributed by atoms with E-state index in [9.17, 15) is 4.79 Å². The van der Waals surface area contributed by atoms with Crippen LogP contribution in [0.2, 0.25) is 0 Å². The number of rotatable bonds is 4. The molecule has 118 valence electrons. The molecule has 0 fully saturated rings. The number of hydrogen-bond donors (Lipinski definition) is 1. The number of amides is 2. The highest BCUT2D eigenvalue weighted by molar-refractivity contribution is 7.98. The Balaban J connectivity index is 1.67. The minimum absolute atomic E-state index is 0.165. The highest BCUT2D eigenvalue weighted by Gasteiger charge is 2.36. The predicted octanol–water partition coefficient (Wildman–Crippen LogP) is 3.48. The van der Waals surface area contributed by atoms with E-state index in [-0.39, 0.29) is 6.03 Å². The Morgan fingerprint density at radius 3 is 3.13 bits per heavy atom. The second-order valence-electron chi connectivity index (χ2n) is 4.80. The van der Waals surface area contributed by atoms with Gasteiger partial charge < -0.3 is 5.32 Å². The average Bonchev–Trinajstić information content (AvgIpc) is 3.29. The lowest BCUT2D eigenvalue weighted by molar-refractivity contribution is 0.162. The molecule has 1 N–H and O–H groups in total. The molecule has 2 aliphatic heterocycles. The molecule has 0 saturated carbocycles. The number of thiophene rings is 1. The third kappa shape index (κ3) is 2.52. The first-order valence-corrected chi connectivity index (χ1v) is 9.96. The van der Waals surface area contributed by atoms with Crippen molar-refractivity contribution in [3.05, 3.63) is 33.0 Å². The maximum atomic E-state index is 12.4. The number of aromatic nitrogens is 1. The molecule has 0 aliphatic carbocycles. The quantitative estimate of drug-likeness (QED) is 0.901. The Bertz CT molecular complexity index is 797. The van der Waals surface area contributed by atoms with Crippen LogP contribution in [-0.2, 0) is 0 Å². The van der Waals surface area contributed by atoms with E-state index < -0.39 is 0 Å². The molecule has 2 aromatic rings. The van der Waals surface area contributed by atoms with E-state index in [2.05, 4.69) is 26.0 Å². The van der Waals surface area contributed by atoms with Gasteiger partial charge in [-0.25, -0.2) is 9.78 Å².